The van der Waals surface area contributed by atoms with Gasteiger partial charge in [-0.25, -0.2) is 0 Å². The first-order chi connectivity index (χ1) is 11.9. The van der Waals surface area contributed by atoms with Crippen LogP contribution in [-0.2, 0) is 11.0 Å². The molecule has 25 heavy (non-hydrogen) atoms. The Labute approximate surface area is 146 Å². The second kappa shape index (κ2) is 8.67. The van der Waals surface area contributed by atoms with E-state index in [4.69, 9.17) is 0 Å². The molecule has 0 aliphatic carbocycles. The van der Waals surface area contributed by atoms with Crippen molar-refractivity contribution >= 4 is 5.91 Å². The van der Waals surface area contributed by atoms with Crippen LogP contribution in [-0.4, -0.2) is 43.0 Å². The van der Waals surface area contributed by atoms with Crippen molar-refractivity contribution in [2.75, 3.05) is 26.2 Å². The summed E-state index contributed by atoms with van der Waals surface area (Å²) in [6.07, 6.45) is -2.54. The number of alkyl halides is 3. The molecule has 1 heterocycles. The molecule has 1 aliphatic heterocycles. The lowest BCUT2D eigenvalue weighted by Gasteiger charge is -2.31. The molecule has 2 rings (SSSR count). The smallest absolute Gasteiger partial charge is 0.353 e. The second-order valence-electron chi connectivity index (χ2n) is 6.25. The number of rotatable bonds is 7. The first kappa shape index (κ1) is 19.7. The largest absolute Gasteiger partial charge is 0.416 e. The van der Waals surface area contributed by atoms with Crippen LogP contribution in [0.2, 0.25) is 0 Å². The molecule has 1 amide bonds. The van der Waals surface area contributed by atoms with E-state index in [2.05, 4.69) is 15.5 Å². The number of halogens is 3. The Kier molecular flexibility index (Phi) is 6.84. The average molecular weight is 357 g/mol. The van der Waals surface area contributed by atoms with E-state index in [1.165, 1.54) is 12.1 Å². The molecule has 1 aromatic rings. The Morgan fingerprint density at radius 1 is 1.28 bits per heavy atom. The van der Waals surface area contributed by atoms with Gasteiger partial charge in [0.05, 0.1) is 17.6 Å². The van der Waals surface area contributed by atoms with Gasteiger partial charge in [-0.2, -0.15) is 13.2 Å². The van der Waals surface area contributed by atoms with Crippen LogP contribution in [0.3, 0.4) is 0 Å². The molecule has 140 valence electrons. The molecule has 1 unspecified atom stereocenters. The molecule has 0 aromatic heterocycles. The third-order valence-corrected chi connectivity index (χ3v) is 4.72. The first-order valence-corrected chi connectivity index (χ1v) is 8.79. The fourth-order valence-electron chi connectivity index (χ4n) is 3.25. The molecule has 2 N–H and O–H groups in total. The van der Waals surface area contributed by atoms with Crippen molar-refractivity contribution in [3.05, 3.63) is 35.4 Å². The van der Waals surface area contributed by atoms with Gasteiger partial charge in [-0.15, -0.1) is 0 Å². The molecule has 2 atom stereocenters. The third kappa shape index (κ3) is 5.19. The van der Waals surface area contributed by atoms with Crippen LogP contribution in [0, 0.1) is 0 Å². The van der Waals surface area contributed by atoms with Gasteiger partial charge in [-0.3, -0.25) is 9.69 Å². The minimum Gasteiger partial charge on any atom is -0.353 e. The second-order valence-corrected chi connectivity index (χ2v) is 6.25. The highest BCUT2D eigenvalue weighted by Gasteiger charge is 2.31. The van der Waals surface area contributed by atoms with Gasteiger partial charge in [0, 0.05) is 6.54 Å². The van der Waals surface area contributed by atoms with Gasteiger partial charge in [0.15, 0.2) is 0 Å². The Balaban J connectivity index is 2.10. The molecular formula is C18H26F3N3O. The average Bonchev–Trinajstić information content (AvgIpc) is 3.12. The summed E-state index contributed by atoms with van der Waals surface area (Å²) in [4.78, 5) is 14.4. The van der Waals surface area contributed by atoms with Crippen LogP contribution in [0.15, 0.2) is 24.3 Å². The van der Waals surface area contributed by atoms with Crippen LogP contribution in [0.4, 0.5) is 13.2 Å². The van der Waals surface area contributed by atoms with Gasteiger partial charge >= 0.3 is 6.18 Å². The fraction of sp³-hybridized carbons (Fsp3) is 0.611. The number of carbonyl (C=O) groups excluding carboxylic acids is 1. The number of hydrogen-bond donors (Lipinski definition) is 2. The quantitative estimate of drug-likeness (QED) is 0.789. The Morgan fingerprint density at radius 3 is 2.40 bits per heavy atom. The lowest BCUT2D eigenvalue weighted by atomic mass is 10.0. The SMILES string of the molecule is CCN(CC)C(CNC(=O)[C@@H]1CCCN1)c1ccc(C(F)(F)F)cc1. The molecule has 0 spiro atoms. The lowest BCUT2D eigenvalue weighted by Crippen LogP contribution is -2.44. The molecule has 1 saturated heterocycles. The van der Waals surface area contributed by atoms with Crippen molar-refractivity contribution in [3.63, 3.8) is 0 Å². The summed E-state index contributed by atoms with van der Waals surface area (Å²) in [6.45, 7) is 6.72. The Morgan fingerprint density at radius 2 is 1.92 bits per heavy atom. The van der Waals surface area contributed by atoms with E-state index in [9.17, 15) is 18.0 Å². The maximum atomic E-state index is 12.8. The fourth-order valence-corrected chi connectivity index (χ4v) is 3.25. The summed E-state index contributed by atoms with van der Waals surface area (Å²) < 4.78 is 38.3. The topological polar surface area (TPSA) is 44.4 Å². The standard InChI is InChI=1S/C18H26F3N3O/c1-3-24(4-2)16(12-23-17(25)15-6-5-11-22-15)13-7-9-14(10-8-13)18(19,20)21/h7-10,15-16,22H,3-6,11-12H2,1-2H3,(H,23,25)/t15-,16?/m0/s1. The molecule has 1 fully saturated rings. The van der Waals surface area contributed by atoms with E-state index >= 15 is 0 Å². The number of carbonyl (C=O) groups is 1. The van der Waals surface area contributed by atoms with Crippen molar-refractivity contribution in [3.8, 4) is 0 Å². The monoisotopic (exact) mass is 357 g/mol. The zero-order chi connectivity index (χ0) is 18.4. The minimum atomic E-state index is -4.34. The van der Waals surface area contributed by atoms with Crippen LogP contribution in [0.25, 0.3) is 0 Å². The molecular weight excluding hydrogens is 331 g/mol. The van der Waals surface area contributed by atoms with E-state index in [0.29, 0.717) is 6.54 Å². The molecule has 7 heteroatoms. The molecule has 0 saturated carbocycles. The van der Waals surface area contributed by atoms with Gasteiger partial charge in [0.2, 0.25) is 5.91 Å². The molecule has 1 aromatic carbocycles. The van der Waals surface area contributed by atoms with E-state index < -0.39 is 11.7 Å². The molecule has 0 bridgehead atoms. The third-order valence-electron chi connectivity index (χ3n) is 4.72. The van der Waals surface area contributed by atoms with E-state index in [1.807, 2.05) is 13.8 Å². The van der Waals surface area contributed by atoms with Crippen LogP contribution < -0.4 is 10.6 Å². The molecule has 0 radical (unpaired) electrons. The highest BCUT2D eigenvalue weighted by molar-refractivity contribution is 5.82. The highest BCUT2D eigenvalue weighted by atomic mass is 19.4. The normalized spacial score (nSPS) is 19.2. The highest BCUT2D eigenvalue weighted by Crippen LogP contribution is 2.30. The van der Waals surface area contributed by atoms with Gasteiger partial charge in [0.1, 0.15) is 0 Å². The number of likely N-dealkylation sites (N-methyl/N-ethyl adjacent to an activating group) is 1. The van der Waals surface area contributed by atoms with Crippen molar-refractivity contribution in [2.45, 2.75) is 44.9 Å². The van der Waals surface area contributed by atoms with Crippen LogP contribution >= 0.6 is 0 Å². The molecule has 1 aliphatic rings. The maximum Gasteiger partial charge on any atom is 0.416 e. The predicted molar refractivity (Wildman–Crippen MR) is 91.1 cm³/mol. The van der Waals surface area contributed by atoms with Gasteiger partial charge < -0.3 is 10.6 Å². The lowest BCUT2D eigenvalue weighted by molar-refractivity contribution is -0.137. The van der Waals surface area contributed by atoms with Crippen molar-refractivity contribution in [1.29, 1.82) is 0 Å². The van der Waals surface area contributed by atoms with Gasteiger partial charge in [0.25, 0.3) is 0 Å². The van der Waals surface area contributed by atoms with Crippen LogP contribution in [0.5, 0.6) is 0 Å². The number of hydrogen-bond acceptors (Lipinski definition) is 3. The van der Waals surface area contributed by atoms with Gasteiger partial charge in [-0.1, -0.05) is 26.0 Å². The van der Waals surface area contributed by atoms with Crippen molar-refractivity contribution in [2.24, 2.45) is 0 Å². The van der Waals surface area contributed by atoms with Crippen molar-refractivity contribution < 1.29 is 18.0 Å². The summed E-state index contributed by atoms with van der Waals surface area (Å²) in [5, 5.41) is 6.10. The zero-order valence-corrected chi connectivity index (χ0v) is 14.7. The number of amides is 1. The number of nitrogens with zero attached hydrogens (tertiary/aromatic N) is 1. The summed E-state index contributed by atoms with van der Waals surface area (Å²) in [5.41, 5.74) is 0.116. The summed E-state index contributed by atoms with van der Waals surface area (Å²) in [5.74, 6) is -0.0402. The zero-order valence-electron chi connectivity index (χ0n) is 14.7. The Bertz CT molecular complexity index is 550. The summed E-state index contributed by atoms with van der Waals surface area (Å²) in [6, 6.07) is 4.91. The Hall–Kier alpha value is -1.60. The number of nitrogens with one attached hydrogen (secondary N) is 2. The van der Waals surface area contributed by atoms with Crippen molar-refractivity contribution in [1.82, 2.24) is 15.5 Å². The summed E-state index contributed by atoms with van der Waals surface area (Å²) >= 11 is 0. The van der Waals surface area contributed by atoms with E-state index in [0.717, 1.165) is 50.2 Å². The maximum absolute atomic E-state index is 12.8. The first-order valence-electron chi connectivity index (χ1n) is 8.79. The minimum absolute atomic E-state index is 0.0402. The van der Waals surface area contributed by atoms with Crippen LogP contribution in [0.1, 0.15) is 43.9 Å². The molecule has 4 nitrogen and oxygen atoms in total. The predicted octanol–water partition coefficient (Wildman–Crippen LogP) is 2.96. The van der Waals surface area contributed by atoms with Gasteiger partial charge in [-0.05, 0) is 50.2 Å². The summed E-state index contributed by atoms with van der Waals surface area (Å²) in [7, 11) is 0. The van der Waals surface area contributed by atoms with E-state index in [1.54, 1.807) is 0 Å². The van der Waals surface area contributed by atoms with E-state index in [-0.39, 0.29) is 18.0 Å². The number of benzene rings is 1.